The maximum atomic E-state index is 11.8. The van der Waals surface area contributed by atoms with Gasteiger partial charge in [-0.15, -0.1) is 0 Å². The van der Waals surface area contributed by atoms with E-state index in [1.165, 1.54) is 0 Å². The molecule has 0 saturated heterocycles. The molecular formula is C12H18N4O3. The number of nitro groups is 1. The van der Waals surface area contributed by atoms with Crippen LogP contribution in [0.3, 0.4) is 0 Å². The average Bonchev–Trinajstić information content (AvgIpc) is 3.06. The first-order valence-corrected chi connectivity index (χ1v) is 6.39. The maximum Gasteiger partial charge on any atom is 0.312 e. The molecule has 1 N–H and O–H groups in total. The highest BCUT2D eigenvalue weighted by Crippen LogP contribution is 2.23. The van der Waals surface area contributed by atoms with Crippen molar-refractivity contribution >= 4 is 11.6 Å². The quantitative estimate of drug-likeness (QED) is 0.643. The molecule has 104 valence electrons. The Morgan fingerprint density at radius 3 is 2.68 bits per heavy atom. The fourth-order valence-corrected chi connectivity index (χ4v) is 2.04. The molecule has 19 heavy (non-hydrogen) atoms. The summed E-state index contributed by atoms with van der Waals surface area (Å²) in [5.74, 6) is -0.268. The number of hydrogen-bond donors (Lipinski definition) is 1. The maximum absolute atomic E-state index is 11.8. The van der Waals surface area contributed by atoms with Crippen molar-refractivity contribution in [3.63, 3.8) is 0 Å². The van der Waals surface area contributed by atoms with Crippen LogP contribution in [0.2, 0.25) is 0 Å². The van der Waals surface area contributed by atoms with Crippen LogP contribution in [0, 0.1) is 29.9 Å². The molecule has 1 aliphatic carbocycles. The van der Waals surface area contributed by atoms with E-state index in [0.29, 0.717) is 24.0 Å². The minimum atomic E-state index is -0.427. The molecular weight excluding hydrogens is 248 g/mol. The summed E-state index contributed by atoms with van der Waals surface area (Å²) in [6, 6.07) is 0.324. The number of hydrogen-bond acceptors (Lipinski definition) is 4. The van der Waals surface area contributed by atoms with Crippen molar-refractivity contribution in [2.75, 3.05) is 0 Å². The van der Waals surface area contributed by atoms with Crippen LogP contribution in [-0.4, -0.2) is 26.7 Å². The summed E-state index contributed by atoms with van der Waals surface area (Å²) in [5, 5.41) is 18.0. The van der Waals surface area contributed by atoms with Gasteiger partial charge in [-0.3, -0.25) is 19.6 Å². The van der Waals surface area contributed by atoms with Gasteiger partial charge in [-0.2, -0.15) is 5.10 Å². The largest absolute Gasteiger partial charge is 0.353 e. The summed E-state index contributed by atoms with van der Waals surface area (Å²) in [5.41, 5.74) is 0.917. The second-order valence-corrected chi connectivity index (χ2v) is 5.14. The lowest BCUT2D eigenvalue weighted by Gasteiger charge is -2.12. The van der Waals surface area contributed by atoms with Gasteiger partial charge in [0.1, 0.15) is 11.4 Å². The molecule has 1 atom stereocenters. The van der Waals surface area contributed by atoms with Gasteiger partial charge in [0, 0.05) is 6.04 Å². The second-order valence-electron chi connectivity index (χ2n) is 5.14. The summed E-state index contributed by atoms with van der Waals surface area (Å²) in [4.78, 5) is 22.3. The smallest absolute Gasteiger partial charge is 0.312 e. The molecule has 1 amide bonds. The van der Waals surface area contributed by atoms with E-state index in [9.17, 15) is 14.9 Å². The van der Waals surface area contributed by atoms with Crippen LogP contribution in [0.1, 0.15) is 31.2 Å². The zero-order valence-corrected chi connectivity index (χ0v) is 11.3. The highest BCUT2D eigenvalue weighted by molar-refractivity contribution is 5.78. The zero-order valence-electron chi connectivity index (χ0n) is 11.3. The van der Waals surface area contributed by atoms with Gasteiger partial charge in [0.15, 0.2) is 0 Å². The summed E-state index contributed by atoms with van der Waals surface area (Å²) in [6.07, 6.45) is 2.09. The Labute approximate surface area is 111 Å². The summed E-state index contributed by atoms with van der Waals surface area (Å²) >= 11 is 0. The number of nitrogens with one attached hydrogen (secondary N) is 1. The number of aryl methyl sites for hydroxylation is 1. The van der Waals surface area contributed by atoms with Gasteiger partial charge in [-0.1, -0.05) is 6.92 Å². The molecule has 1 heterocycles. The van der Waals surface area contributed by atoms with Crippen LogP contribution in [0.4, 0.5) is 5.69 Å². The first kappa shape index (κ1) is 13.5. The zero-order chi connectivity index (χ0) is 14.2. The Balaban J connectivity index is 2.07. The van der Waals surface area contributed by atoms with Crippen LogP contribution in [-0.2, 0) is 11.3 Å². The second kappa shape index (κ2) is 4.99. The van der Waals surface area contributed by atoms with Crippen LogP contribution in [0.15, 0.2) is 0 Å². The van der Waals surface area contributed by atoms with E-state index in [2.05, 4.69) is 10.4 Å². The third kappa shape index (κ3) is 2.91. The number of amides is 1. The van der Waals surface area contributed by atoms with Crippen molar-refractivity contribution in [2.24, 2.45) is 5.92 Å². The van der Waals surface area contributed by atoms with Crippen LogP contribution in [0.5, 0.6) is 0 Å². The van der Waals surface area contributed by atoms with Crippen molar-refractivity contribution in [3.8, 4) is 0 Å². The Hall–Kier alpha value is -1.92. The minimum Gasteiger partial charge on any atom is -0.353 e. The molecule has 1 fully saturated rings. The van der Waals surface area contributed by atoms with Gasteiger partial charge in [0.05, 0.1) is 17.4 Å². The van der Waals surface area contributed by atoms with Crippen LogP contribution >= 0.6 is 0 Å². The Bertz CT molecular complexity index is 519. The highest BCUT2D eigenvalue weighted by Gasteiger charge is 2.27. The molecule has 1 aromatic heterocycles. The predicted octanol–water partition coefficient (Wildman–Crippen LogP) is 1.32. The standard InChI is InChI=1S/C12H18N4O3/c1-7(12(17)13-10-4-5-10)6-15-9(3)11(16(18)19)8(2)14-15/h7,10H,4-6H2,1-3H3,(H,13,17). The monoisotopic (exact) mass is 266 g/mol. The van der Waals surface area contributed by atoms with E-state index < -0.39 is 4.92 Å². The first-order chi connectivity index (χ1) is 8.90. The van der Waals surface area contributed by atoms with Gasteiger partial charge in [-0.25, -0.2) is 0 Å². The van der Waals surface area contributed by atoms with Crippen molar-refractivity contribution in [2.45, 2.75) is 46.2 Å². The van der Waals surface area contributed by atoms with E-state index in [-0.39, 0.29) is 17.5 Å². The van der Waals surface area contributed by atoms with Gasteiger partial charge < -0.3 is 5.32 Å². The van der Waals surface area contributed by atoms with E-state index in [1.54, 1.807) is 25.5 Å². The molecule has 0 aromatic carbocycles. The van der Waals surface area contributed by atoms with Gasteiger partial charge >= 0.3 is 5.69 Å². The lowest BCUT2D eigenvalue weighted by Crippen LogP contribution is -2.33. The third-order valence-electron chi connectivity index (χ3n) is 3.34. The third-order valence-corrected chi connectivity index (χ3v) is 3.34. The fraction of sp³-hybridized carbons (Fsp3) is 0.667. The molecule has 0 aliphatic heterocycles. The summed E-state index contributed by atoms with van der Waals surface area (Å²) < 4.78 is 1.55. The Kier molecular flexibility index (Phi) is 3.55. The number of carbonyl (C=O) groups is 1. The Morgan fingerprint density at radius 1 is 1.58 bits per heavy atom. The number of nitrogens with zero attached hydrogens (tertiary/aromatic N) is 3. The highest BCUT2D eigenvalue weighted by atomic mass is 16.6. The summed E-state index contributed by atoms with van der Waals surface area (Å²) in [7, 11) is 0. The molecule has 0 bridgehead atoms. The topological polar surface area (TPSA) is 90.1 Å². The fourth-order valence-electron chi connectivity index (χ4n) is 2.04. The molecule has 0 radical (unpaired) electrons. The molecule has 1 aliphatic rings. The van der Waals surface area contributed by atoms with Crippen LogP contribution in [0.25, 0.3) is 0 Å². The number of rotatable bonds is 5. The summed E-state index contributed by atoms with van der Waals surface area (Å²) in [6.45, 7) is 5.43. The van der Waals surface area contributed by atoms with Crippen LogP contribution < -0.4 is 5.32 Å². The van der Waals surface area contributed by atoms with Gasteiger partial charge in [0.25, 0.3) is 0 Å². The van der Waals surface area contributed by atoms with Crippen molar-refractivity contribution in [1.82, 2.24) is 15.1 Å². The SMILES string of the molecule is Cc1nn(CC(C)C(=O)NC2CC2)c(C)c1[N+](=O)[O-]. The lowest BCUT2D eigenvalue weighted by atomic mass is 10.1. The molecule has 1 unspecified atom stereocenters. The van der Waals surface area contributed by atoms with Crippen molar-refractivity contribution in [3.05, 3.63) is 21.5 Å². The minimum absolute atomic E-state index is 0.0160. The van der Waals surface area contributed by atoms with Gasteiger partial charge in [0.2, 0.25) is 5.91 Å². The molecule has 1 aromatic rings. The molecule has 7 heteroatoms. The molecule has 7 nitrogen and oxygen atoms in total. The first-order valence-electron chi connectivity index (χ1n) is 6.39. The molecule has 2 rings (SSSR count). The van der Waals surface area contributed by atoms with E-state index >= 15 is 0 Å². The average molecular weight is 266 g/mol. The number of aromatic nitrogens is 2. The molecule has 0 spiro atoms. The normalized spacial score (nSPS) is 16.2. The lowest BCUT2D eigenvalue weighted by molar-refractivity contribution is -0.386. The predicted molar refractivity (Wildman–Crippen MR) is 68.7 cm³/mol. The number of carbonyl (C=O) groups excluding carboxylic acids is 1. The molecule has 1 saturated carbocycles. The van der Waals surface area contributed by atoms with E-state index in [0.717, 1.165) is 12.8 Å². The van der Waals surface area contributed by atoms with E-state index in [1.807, 2.05) is 0 Å². The van der Waals surface area contributed by atoms with Gasteiger partial charge in [-0.05, 0) is 26.7 Å². The van der Waals surface area contributed by atoms with Crippen molar-refractivity contribution in [1.29, 1.82) is 0 Å². The van der Waals surface area contributed by atoms with E-state index in [4.69, 9.17) is 0 Å². The Morgan fingerprint density at radius 2 is 2.21 bits per heavy atom. The van der Waals surface area contributed by atoms with Crippen molar-refractivity contribution < 1.29 is 9.72 Å².